The van der Waals surface area contributed by atoms with E-state index in [4.69, 9.17) is 9.72 Å². The first-order valence-corrected chi connectivity index (χ1v) is 10.4. The SMILES string of the molecule is COc1ncccc1CN1C[C@@H]2CN(Cc3nc(C(C)C)cs3)CC[C@@H]21. The second kappa shape index (κ2) is 7.62. The predicted molar refractivity (Wildman–Crippen MR) is 105 cm³/mol. The maximum absolute atomic E-state index is 5.40. The Bertz CT molecular complexity index is 747. The molecule has 4 heterocycles. The molecule has 2 aliphatic heterocycles. The molecule has 0 N–H and O–H groups in total. The first-order chi connectivity index (χ1) is 12.6. The number of likely N-dealkylation sites (tertiary alicyclic amines) is 2. The van der Waals surface area contributed by atoms with E-state index in [0.29, 0.717) is 12.0 Å². The Balaban J connectivity index is 1.30. The van der Waals surface area contributed by atoms with Crippen LogP contribution < -0.4 is 4.74 Å². The zero-order chi connectivity index (χ0) is 18.1. The van der Waals surface area contributed by atoms with Crippen molar-refractivity contribution in [2.24, 2.45) is 5.92 Å². The van der Waals surface area contributed by atoms with Crippen molar-refractivity contribution in [2.45, 2.75) is 45.3 Å². The van der Waals surface area contributed by atoms with Crippen LogP contribution in [-0.2, 0) is 13.1 Å². The van der Waals surface area contributed by atoms with E-state index in [0.717, 1.165) is 24.9 Å². The minimum atomic E-state index is 0.524. The Morgan fingerprint density at radius 1 is 1.31 bits per heavy atom. The lowest BCUT2D eigenvalue weighted by molar-refractivity contribution is -0.0509. The minimum absolute atomic E-state index is 0.524. The maximum Gasteiger partial charge on any atom is 0.217 e. The molecule has 2 aliphatic rings. The Hall–Kier alpha value is -1.50. The molecule has 0 aliphatic carbocycles. The number of ether oxygens (including phenoxy) is 1. The lowest BCUT2D eigenvalue weighted by Gasteiger charge is -2.53. The Morgan fingerprint density at radius 2 is 2.19 bits per heavy atom. The Labute approximate surface area is 160 Å². The molecule has 0 aromatic carbocycles. The first-order valence-electron chi connectivity index (χ1n) is 9.52. The minimum Gasteiger partial charge on any atom is -0.481 e. The lowest BCUT2D eigenvalue weighted by Crippen LogP contribution is -2.62. The highest BCUT2D eigenvalue weighted by molar-refractivity contribution is 7.09. The van der Waals surface area contributed by atoms with Crippen molar-refractivity contribution >= 4 is 11.3 Å². The molecule has 0 saturated carbocycles. The zero-order valence-corrected chi connectivity index (χ0v) is 16.7. The maximum atomic E-state index is 5.40. The van der Waals surface area contributed by atoms with Crippen LogP contribution in [0.2, 0.25) is 0 Å². The molecule has 140 valence electrons. The number of hydrogen-bond donors (Lipinski definition) is 0. The normalized spacial score (nSPS) is 23.7. The van der Waals surface area contributed by atoms with Gasteiger partial charge in [0.25, 0.3) is 0 Å². The van der Waals surface area contributed by atoms with Gasteiger partial charge in [0, 0.05) is 49.4 Å². The number of hydrogen-bond acceptors (Lipinski definition) is 6. The molecule has 0 amide bonds. The number of aromatic nitrogens is 2. The third-order valence-electron chi connectivity index (χ3n) is 5.65. The number of nitrogens with zero attached hydrogens (tertiary/aromatic N) is 4. The molecule has 5 nitrogen and oxygen atoms in total. The van der Waals surface area contributed by atoms with E-state index in [1.165, 1.54) is 42.3 Å². The van der Waals surface area contributed by atoms with Gasteiger partial charge in [0.05, 0.1) is 19.3 Å². The van der Waals surface area contributed by atoms with Gasteiger partial charge in [-0.15, -0.1) is 11.3 Å². The number of pyridine rings is 1. The molecule has 0 bridgehead atoms. The van der Waals surface area contributed by atoms with Crippen molar-refractivity contribution < 1.29 is 4.74 Å². The van der Waals surface area contributed by atoms with E-state index in [1.54, 1.807) is 13.3 Å². The summed E-state index contributed by atoms with van der Waals surface area (Å²) in [6, 6.07) is 4.83. The molecule has 6 heteroatoms. The van der Waals surface area contributed by atoms with Crippen LogP contribution in [0.4, 0.5) is 0 Å². The van der Waals surface area contributed by atoms with Crippen LogP contribution in [0.5, 0.6) is 5.88 Å². The molecule has 2 aromatic heterocycles. The molecule has 0 unspecified atom stereocenters. The highest BCUT2D eigenvalue weighted by atomic mass is 32.1. The largest absolute Gasteiger partial charge is 0.481 e. The summed E-state index contributed by atoms with van der Waals surface area (Å²) in [6.45, 7) is 9.92. The standard InChI is InChI=1S/C20H28N4OS/c1-14(2)17-13-26-19(22-17)12-23-8-6-18-16(9-23)11-24(18)10-15-5-4-7-21-20(15)25-3/h4-5,7,13-14,16,18H,6,8-12H2,1-3H3/t16-,18-/m0/s1. The van der Waals surface area contributed by atoms with Gasteiger partial charge in [-0.25, -0.2) is 9.97 Å². The smallest absolute Gasteiger partial charge is 0.217 e. The van der Waals surface area contributed by atoms with Crippen LogP contribution in [0.15, 0.2) is 23.7 Å². The molecule has 0 radical (unpaired) electrons. The van der Waals surface area contributed by atoms with Crippen LogP contribution >= 0.6 is 11.3 Å². The van der Waals surface area contributed by atoms with Crippen molar-refractivity contribution in [3.05, 3.63) is 40.0 Å². The summed E-state index contributed by atoms with van der Waals surface area (Å²) in [5, 5.41) is 3.49. The van der Waals surface area contributed by atoms with Crippen LogP contribution in [0, 0.1) is 5.92 Å². The molecule has 2 fully saturated rings. The van der Waals surface area contributed by atoms with Gasteiger partial charge in [-0.2, -0.15) is 0 Å². The number of fused-ring (bicyclic) bond motifs is 1. The van der Waals surface area contributed by atoms with Crippen molar-refractivity contribution in [1.82, 2.24) is 19.8 Å². The molecular formula is C20H28N4OS. The second-order valence-corrected chi connectivity index (χ2v) is 8.72. The fourth-order valence-corrected chi connectivity index (χ4v) is 5.18. The van der Waals surface area contributed by atoms with Crippen LogP contribution in [-0.4, -0.2) is 52.6 Å². The number of thiazole rings is 1. The van der Waals surface area contributed by atoms with Crippen molar-refractivity contribution in [1.29, 1.82) is 0 Å². The van der Waals surface area contributed by atoms with Crippen molar-refractivity contribution in [3.8, 4) is 5.88 Å². The predicted octanol–water partition coefficient (Wildman–Crippen LogP) is 3.38. The average Bonchev–Trinajstić information content (AvgIpc) is 3.09. The van der Waals surface area contributed by atoms with E-state index in [1.807, 2.05) is 17.4 Å². The zero-order valence-electron chi connectivity index (χ0n) is 15.9. The Morgan fingerprint density at radius 3 is 2.92 bits per heavy atom. The molecular weight excluding hydrogens is 344 g/mol. The molecule has 2 atom stereocenters. The molecule has 0 spiro atoms. The summed E-state index contributed by atoms with van der Waals surface area (Å²) in [4.78, 5) is 14.3. The van der Waals surface area contributed by atoms with Gasteiger partial charge >= 0.3 is 0 Å². The van der Waals surface area contributed by atoms with Crippen LogP contribution in [0.1, 0.15) is 42.5 Å². The third-order valence-corrected chi connectivity index (χ3v) is 6.50. The average molecular weight is 373 g/mol. The van der Waals surface area contributed by atoms with Gasteiger partial charge in [0.2, 0.25) is 5.88 Å². The highest BCUT2D eigenvalue weighted by Crippen LogP contribution is 2.35. The summed E-state index contributed by atoms with van der Waals surface area (Å²) < 4.78 is 5.40. The van der Waals surface area contributed by atoms with Crippen molar-refractivity contribution in [2.75, 3.05) is 26.7 Å². The molecule has 4 rings (SSSR count). The number of piperidine rings is 1. The highest BCUT2D eigenvalue weighted by Gasteiger charge is 2.42. The molecule has 2 saturated heterocycles. The molecule has 2 aromatic rings. The summed E-state index contributed by atoms with van der Waals surface area (Å²) in [7, 11) is 1.70. The summed E-state index contributed by atoms with van der Waals surface area (Å²) in [6.07, 6.45) is 3.04. The number of methoxy groups -OCH3 is 1. The second-order valence-electron chi connectivity index (χ2n) is 7.77. The van der Waals surface area contributed by atoms with E-state index >= 15 is 0 Å². The van der Waals surface area contributed by atoms with Crippen LogP contribution in [0.25, 0.3) is 0 Å². The summed E-state index contributed by atoms with van der Waals surface area (Å²) in [5.74, 6) is 2.07. The van der Waals surface area contributed by atoms with Crippen molar-refractivity contribution in [3.63, 3.8) is 0 Å². The number of rotatable bonds is 6. The van der Waals surface area contributed by atoms with Gasteiger partial charge in [0.15, 0.2) is 0 Å². The van der Waals surface area contributed by atoms with Gasteiger partial charge in [0.1, 0.15) is 5.01 Å². The van der Waals surface area contributed by atoms with E-state index in [-0.39, 0.29) is 0 Å². The first kappa shape index (κ1) is 17.9. The fraction of sp³-hybridized carbons (Fsp3) is 0.600. The monoisotopic (exact) mass is 372 g/mol. The van der Waals surface area contributed by atoms with Gasteiger partial charge in [-0.1, -0.05) is 19.9 Å². The van der Waals surface area contributed by atoms with E-state index < -0.39 is 0 Å². The topological polar surface area (TPSA) is 41.5 Å². The lowest BCUT2D eigenvalue weighted by atomic mass is 9.82. The van der Waals surface area contributed by atoms with Gasteiger partial charge in [-0.3, -0.25) is 9.80 Å². The quantitative estimate of drug-likeness (QED) is 0.778. The third kappa shape index (κ3) is 3.63. The van der Waals surface area contributed by atoms with Crippen LogP contribution in [0.3, 0.4) is 0 Å². The van der Waals surface area contributed by atoms with Gasteiger partial charge < -0.3 is 4.74 Å². The van der Waals surface area contributed by atoms with E-state index in [9.17, 15) is 0 Å². The van der Waals surface area contributed by atoms with Gasteiger partial charge in [-0.05, 0) is 24.3 Å². The fourth-order valence-electron chi connectivity index (χ4n) is 4.18. The molecule has 26 heavy (non-hydrogen) atoms. The van der Waals surface area contributed by atoms with E-state index in [2.05, 4.69) is 40.1 Å². The summed E-state index contributed by atoms with van der Waals surface area (Å²) in [5.41, 5.74) is 2.43. The Kier molecular flexibility index (Phi) is 5.25. The summed E-state index contributed by atoms with van der Waals surface area (Å²) >= 11 is 1.81.